The highest BCUT2D eigenvalue weighted by Gasteiger charge is 2.19. The second-order valence-electron chi connectivity index (χ2n) is 4.79. The summed E-state index contributed by atoms with van der Waals surface area (Å²) in [5.74, 6) is -0.484. The molecule has 1 aliphatic rings. The fraction of sp³-hybridized carbons (Fsp3) is 0.333. The third kappa shape index (κ3) is 4.41. The number of nitrogens with zero attached hydrogens (tertiary/aromatic N) is 1. The Morgan fingerprint density at radius 2 is 2.27 bits per heavy atom. The summed E-state index contributed by atoms with van der Waals surface area (Å²) < 4.78 is 5.42. The first kappa shape index (κ1) is 16.7. The Balaban J connectivity index is 2.02. The molecule has 2 rings (SSSR count). The van der Waals surface area contributed by atoms with Crippen LogP contribution in [0.4, 0.5) is 5.69 Å². The number of halogens is 1. The van der Waals surface area contributed by atoms with Crippen molar-refractivity contribution in [1.29, 1.82) is 5.26 Å². The van der Waals surface area contributed by atoms with E-state index < -0.39 is 5.91 Å². The number of benzene rings is 1. The van der Waals surface area contributed by atoms with Gasteiger partial charge in [-0.25, -0.2) is 0 Å². The molecule has 1 heterocycles. The number of hydrogen-bond acceptors (Lipinski definition) is 5. The zero-order valence-corrected chi connectivity index (χ0v) is 13.5. The molecule has 0 saturated carbocycles. The van der Waals surface area contributed by atoms with E-state index in [1.165, 1.54) is 0 Å². The maximum Gasteiger partial charge on any atom is 0.264 e. The van der Waals surface area contributed by atoms with Crippen LogP contribution in [0.2, 0.25) is 5.02 Å². The second-order valence-corrected chi connectivity index (χ2v) is 5.64. The van der Waals surface area contributed by atoms with Crippen molar-refractivity contribution in [1.82, 2.24) is 5.32 Å². The minimum atomic E-state index is -0.484. The van der Waals surface area contributed by atoms with Gasteiger partial charge in [0.2, 0.25) is 0 Å². The average molecular weight is 338 g/mol. The van der Waals surface area contributed by atoms with Gasteiger partial charge in [-0.2, -0.15) is 5.26 Å². The van der Waals surface area contributed by atoms with Crippen molar-refractivity contribution in [2.24, 2.45) is 0 Å². The number of thiol groups is 1. The van der Waals surface area contributed by atoms with Crippen molar-refractivity contribution < 1.29 is 9.53 Å². The lowest BCUT2D eigenvalue weighted by atomic mass is 10.2. The Kier molecular flexibility index (Phi) is 6.13. The Bertz CT molecular complexity index is 621. The number of ether oxygens (including phenoxy) is 1. The van der Waals surface area contributed by atoms with Crippen LogP contribution in [0.25, 0.3) is 0 Å². The molecule has 0 spiro atoms. The molecule has 0 bridgehead atoms. The van der Waals surface area contributed by atoms with Gasteiger partial charge >= 0.3 is 0 Å². The van der Waals surface area contributed by atoms with Crippen LogP contribution in [0.3, 0.4) is 0 Å². The Hall–Kier alpha value is -1.68. The largest absolute Gasteiger partial charge is 0.376 e. The minimum Gasteiger partial charge on any atom is -0.376 e. The summed E-state index contributed by atoms with van der Waals surface area (Å²) in [6, 6.07) is 8.88. The molecule has 1 amide bonds. The van der Waals surface area contributed by atoms with Gasteiger partial charge in [0.15, 0.2) is 0 Å². The molecule has 1 aliphatic heterocycles. The Morgan fingerprint density at radius 1 is 1.50 bits per heavy atom. The third-order valence-corrected chi connectivity index (χ3v) is 3.88. The van der Waals surface area contributed by atoms with E-state index >= 15 is 0 Å². The molecule has 1 saturated heterocycles. The molecule has 1 atom stereocenters. The van der Waals surface area contributed by atoms with Crippen molar-refractivity contribution in [2.75, 3.05) is 18.5 Å². The molecule has 0 unspecified atom stereocenters. The molecule has 1 fully saturated rings. The molecule has 0 aromatic heterocycles. The highest BCUT2D eigenvalue weighted by Crippen LogP contribution is 2.24. The van der Waals surface area contributed by atoms with E-state index in [0.717, 1.165) is 12.8 Å². The molecular weight excluding hydrogens is 322 g/mol. The predicted molar refractivity (Wildman–Crippen MR) is 88.7 cm³/mol. The number of amides is 1. The van der Waals surface area contributed by atoms with Crippen molar-refractivity contribution in [2.45, 2.75) is 18.9 Å². The number of carbonyl (C=O) groups is 1. The van der Waals surface area contributed by atoms with Gasteiger partial charge in [-0.1, -0.05) is 23.7 Å². The molecule has 2 N–H and O–H groups in total. The summed E-state index contributed by atoms with van der Waals surface area (Å²) in [7, 11) is 0. The Labute approximate surface area is 139 Å². The average Bonchev–Trinajstić information content (AvgIpc) is 3.01. The Morgan fingerprint density at radius 3 is 2.91 bits per heavy atom. The van der Waals surface area contributed by atoms with Crippen LogP contribution in [0.1, 0.15) is 12.8 Å². The maximum atomic E-state index is 12.1. The lowest BCUT2D eigenvalue weighted by Gasteiger charge is -2.12. The highest BCUT2D eigenvalue weighted by atomic mass is 35.5. The van der Waals surface area contributed by atoms with E-state index in [9.17, 15) is 10.1 Å². The van der Waals surface area contributed by atoms with Crippen LogP contribution < -0.4 is 10.6 Å². The van der Waals surface area contributed by atoms with Crippen molar-refractivity contribution in [3.05, 3.63) is 39.9 Å². The third-order valence-electron chi connectivity index (χ3n) is 3.22. The molecule has 7 heteroatoms. The van der Waals surface area contributed by atoms with Gasteiger partial charge in [-0.15, -0.1) is 12.6 Å². The number of hydrogen-bond donors (Lipinski definition) is 3. The number of nitrogens with one attached hydrogen (secondary N) is 2. The van der Waals surface area contributed by atoms with Crippen LogP contribution in [0, 0.1) is 11.3 Å². The maximum absolute atomic E-state index is 12.1. The monoisotopic (exact) mass is 337 g/mol. The zero-order valence-electron chi connectivity index (χ0n) is 11.8. The van der Waals surface area contributed by atoms with E-state index in [-0.39, 0.29) is 16.7 Å². The lowest BCUT2D eigenvalue weighted by molar-refractivity contribution is -0.117. The van der Waals surface area contributed by atoms with E-state index in [0.29, 0.717) is 23.9 Å². The van der Waals surface area contributed by atoms with E-state index in [4.69, 9.17) is 16.3 Å². The van der Waals surface area contributed by atoms with Crippen LogP contribution in [0.15, 0.2) is 34.9 Å². The molecular formula is C15H16ClN3O2S. The van der Waals surface area contributed by atoms with E-state index in [1.54, 1.807) is 24.3 Å². The van der Waals surface area contributed by atoms with E-state index in [2.05, 4.69) is 23.3 Å². The highest BCUT2D eigenvalue weighted by molar-refractivity contribution is 7.84. The second kappa shape index (κ2) is 8.08. The molecule has 0 aliphatic carbocycles. The fourth-order valence-corrected chi connectivity index (χ4v) is 2.52. The fourth-order valence-electron chi connectivity index (χ4n) is 2.06. The van der Waals surface area contributed by atoms with Crippen LogP contribution in [0.5, 0.6) is 0 Å². The smallest absolute Gasteiger partial charge is 0.264 e. The van der Waals surface area contributed by atoms with Gasteiger partial charge in [0.05, 0.1) is 21.8 Å². The topological polar surface area (TPSA) is 74.2 Å². The minimum absolute atomic E-state index is 0.0174. The number of carbonyl (C=O) groups excluding carboxylic acids is 1. The van der Waals surface area contributed by atoms with Gasteiger partial charge in [0.25, 0.3) is 5.91 Å². The van der Waals surface area contributed by atoms with Crippen LogP contribution >= 0.6 is 24.2 Å². The first-order valence-electron chi connectivity index (χ1n) is 6.86. The summed E-state index contributed by atoms with van der Waals surface area (Å²) in [5, 5.41) is 15.4. The first-order chi connectivity index (χ1) is 10.6. The van der Waals surface area contributed by atoms with Crippen molar-refractivity contribution in [3.63, 3.8) is 0 Å². The molecule has 116 valence electrons. The predicted octanol–water partition coefficient (Wildman–Crippen LogP) is 2.71. The normalized spacial score (nSPS) is 18.3. The van der Waals surface area contributed by atoms with Crippen molar-refractivity contribution >= 4 is 35.8 Å². The summed E-state index contributed by atoms with van der Waals surface area (Å²) in [4.78, 5) is 12.1. The lowest BCUT2D eigenvalue weighted by Crippen LogP contribution is -2.33. The standard InChI is InChI=1S/C15H16ClN3O2S/c16-12-5-1-2-6-13(12)19-15(22)11(8-17)14(20)18-9-10-4-3-7-21-10/h1-2,5-6,10,19,22H,3-4,7,9H2,(H,18,20)/t10-/m0/s1. The number of nitriles is 1. The quantitative estimate of drug-likeness (QED) is 0.439. The SMILES string of the molecule is N#CC(C(=O)NC[C@@H]1CCCO1)=C(S)Nc1ccccc1Cl. The van der Waals surface area contributed by atoms with Crippen LogP contribution in [-0.4, -0.2) is 25.2 Å². The summed E-state index contributed by atoms with van der Waals surface area (Å²) >= 11 is 10.2. The summed E-state index contributed by atoms with van der Waals surface area (Å²) in [6.45, 7) is 1.10. The molecule has 1 aromatic carbocycles. The van der Waals surface area contributed by atoms with Gasteiger partial charge in [0, 0.05) is 13.2 Å². The molecule has 22 heavy (non-hydrogen) atoms. The number of anilines is 1. The van der Waals surface area contributed by atoms with E-state index in [1.807, 2.05) is 6.07 Å². The molecule has 0 radical (unpaired) electrons. The van der Waals surface area contributed by atoms with Crippen LogP contribution in [-0.2, 0) is 9.53 Å². The number of rotatable bonds is 5. The summed E-state index contributed by atoms with van der Waals surface area (Å²) in [5.41, 5.74) is 0.482. The summed E-state index contributed by atoms with van der Waals surface area (Å²) in [6.07, 6.45) is 1.92. The van der Waals surface area contributed by atoms with Gasteiger partial charge < -0.3 is 15.4 Å². The van der Waals surface area contributed by atoms with Crippen molar-refractivity contribution in [3.8, 4) is 6.07 Å². The van der Waals surface area contributed by atoms with Gasteiger partial charge in [-0.3, -0.25) is 4.79 Å². The molecule has 1 aromatic rings. The molecule has 5 nitrogen and oxygen atoms in total. The number of para-hydroxylation sites is 1. The first-order valence-corrected chi connectivity index (χ1v) is 7.69. The van der Waals surface area contributed by atoms with Gasteiger partial charge in [0.1, 0.15) is 11.6 Å². The van der Waals surface area contributed by atoms with Gasteiger partial charge in [-0.05, 0) is 25.0 Å². The zero-order chi connectivity index (χ0) is 15.9.